The summed E-state index contributed by atoms with van der Waals surface area (Å²) in [5.74, 6) is 0.0848. The van der Waals surface area contributed by atoms with Crippen LogP contribution in [0.25, 0.3) is 0 Å². The van der Waals surface area contributed by atoms with Crippen LogP contribution in [-0.4, -0.2) is 46.5 Å². The molecule has 5 rings (SSSR count). The van der Waals surface area contributed by atoms with E-state index in [0.717, 1.165) is 17.7 Å². The molecule has 6 nitrogen and oxygen atoms in total. The number of nitrogens with zero attached hydrogens (tertiary/aromatic N) is 1. The number of piperidine rings is 1. The number of benzene rings is 2. The molecule has 3 heterocycles. The number of phenolic OH excluding ortho intramolecular Hbond substituents is 1. The minimum absolute atomic E-state index is 0.0146. The number of hydrogen-bond acceptors (Lipinski definition) is 5. The van der Waals surface area contributed by atoms with Crippen molar-refractivity contribution in [3.63, 3.8) is 0 Å². The first kappa shape index (κ1) is 26.7. The molecule has 0 radical (unpaired) electrons. The lowest BCUT2D eigenvalue weighted by atomic mass is 9.68. The van der Waals surface area contributed by atoms with E-state index >= 15 is 0 Å². The molecule has 2 fully saturated rings. The standard InChI is InChI=1S/C29H34F3NO5/c1-27(2,3)38-26(35)33-12-11-23-18(16-33)14-21-24(36-23)20-9-6-10-22(34)25(20)37-28(21,4)15-17-7-5-8-19(13-17)29(30,31)32/h5-10,13,18,21,23-24,34H,11-12,14-16H2,1-4H3/t18-,21+,23+,24-,28-/m1/s1. The number of para-hydroxylation sites is 1. The Balaban J connectivity index is 1.46. The van der Waals surface area contributed by atoms with Crippen molar-refractivity contribution in [1.82, 2.24) is 4.90 Å². The molecule has 0 aliphatic carbocycles. The summed E-state index contributed by atoms with van der Waals surface area (Å²) in [5.41, 5.74) is -1.05. The van der Waals surface area contributed by atoms with Crippen LogP contribution in [-0.2, 0) is 22.1 Å². The molecule has 5 atom stereocenters. The van der Waals surface area contributed by atoms with Gasteiger partial charge in [-0.3, -0.25) is 0 Å². The Labute approximate surface area is 220 Å². The molecule has 0 saturated carbocycles. The predicted octanol–water partition coefficient (Wildman–Crippen LogP) is 6.51. The largest absolute Gasteiger partial charge is 0.504 e. The van der Waals surface area contributed by atoms with Gasteiger partial charge in [0.2, 0.25) is 0 Å². The summed E-state index contributed by atoms with van der Waals surface area (Å²) in [7, 11) is 0. The van der Waals surface area contributed by atoms with Crippen molar-refractivity contribution in [2.45, 2.75) is 76.5 Å². The molecule has 0 bridgehead atoms. The van der Waals surface area contributed by atoms with E-state index in [1.807, 2.05) is 33.8 Å². The van der Waals surface area contributed by atoms with Gasteiger partial charge in [0, 0.05) is 36.9 Å². The average Bonchev–Trinajstić information content (AvgIpc) is 2.82. The average molecular weight is 534 g/mol. The summed E-state index contributed by atoms with van der Waals surface area (Å²) in [6.45, 7) is 8.35. The summed E-state index contributed by atoms with van der Waals surface area (Å²) in [6, 6.07) is 10.4. The Kier molecular flexibility index (Phi) is 6.57. The molecule has 206 valence electrons. The smallest absolute Gasteiger partial charge is 0.416 e. The number of carbonyl (C=O) groups excluding carboxylic acids is 1. The van der Waals surface area contributed by atoms with Gasteiger partial charge in [0.15, 0.2) is 11.5 Å². The number of halogens is 3. The molecule has 2 saturated heterocycles. The van der Waals surface area contributed by atoms with Crippen LogP contribution in [0.3, 0.4) is 0 Å². The number of rotatable bonds is 2. The Morgan fingerprint density at radius 3 is 2.63 bits per heavy atom. The van der Waals surface area contributed by atoms with Gasteiger partial charge in [0.05, 0.1) is 17.8 Å². The van der Waals surface area contributed by atoms with Crippen molar-refractivity contribution in [3.05, 3.63) is 59.2 Å². The number of phenols is 1. The maximum atomic E-state index is 13.4. The number of fused-ring (bicyclic) bond motifs is 4. The van der Waals surface area contributed by atoms with Gasteiger partial charge in [0.1, 0.15) is 11.2 Å². The van der Waals surface area contributed by atoms with Gasteiger partial charge in [-0.2, -0.15) is 13.2 Å². The van der Waals surface area contributed by atoms with Crippen molar-refractivity contribution >= 4 is 6.09 Å². The number of likely N-dealkylation sites (tertiary alicyclic amines) is 1. The van der Waals surface area contributed by atoms with E-state index in [1.54, 1.807) is 17.0 Å². The number of carbonyl (C=O) groups is 1. The van der Waals surface area contributed by atoms with Crippen molar-refractivity contribution in [2.75, 3.05) is 13.1 Å². The first-order valence-corrected chi connectivity index (χ1v) is 13.0. The van der Waals surface area contributed by atoms with Crippen LogP contribution in [0.5, 0.6) is 11.5 Å². The Bertz CT molecular complexity index is 1210. The van der Waals surface area contributed by atoms with Crippen LogP contribution in [0.4, 0.5) is 18.0 Å². The topological polar surface area (TPSA) is 68.2 Å². The third-order valence-corrected chi connectivity index (χ3v) is 7.82. The fraction of sp³-hybridized carbons (Fsp3) is 0.552. The summed E-state index contributed by atoms with van der Waals surface area (Å²) in [5, 5.41) is 10.6. The second-order valence-electron chi connectivity index (χ2n) is 11.9. The first-order chi connectivity index (χ1) is 17.7. The lowest BCUT2D eigenvalue weighted by Crippen LogP contribution is -2.57. The molecule has 2 aromatic carbocycles. The van der Waals surface area contributed by atoms with E-state index in [4.69, 9.17) is 14.2 Å². The summed E-state index contributed by atoms with van der Waals surface area (Å²) in [6.07, 6.45) is -3.81. The van der Waals surface area contributed by atoms with Gasteiger partial charge < -0.3 is 24.2 Å². The Hall–Kier alpha value is -2.94. The second kappa shape index (κ2) is 9.36. The van der Waals surface area contributed by atoms with E-state index in [9.17, 15) is 23.1 Å². The Morgan fingerprint density at radius 1 is 1.18 bits per heavy atom. The van der Waals surface area contributed by atoms with Crippen molar-refractivity contribution < 1.29 is 37.3 Å². The van der Waals surface area contributed by atoms with E-state index in [0.29, 0.717) is 37.2 Å². The minimum atomic E-state index is -4.45. The predicted molar refractivity (Wildman–Crippen MR) is 134 cm³/mol. The van der Waals surface area contributed by atoms with Crippen molar-refractivity contribution in [2.24, 2.45) is 11.8 Å². The highest BCUT2D eigenvalue weighted by atomic mass is 19.4. The van der Waals surface area contributed by atoms with Crippen molar-refractivity contribution in [1.29, 1.82) is 0 Å². The minimum Gasteiger partial charge on any atom is -0.504 e. The van der Waals surface area contributed by atoms with E-state index in [-0.39, 0.29) is 36.2 Å². The fourth-order valence-corrected chi connectivity index (χ4v) is 6.12. The molecule has 38 heavy (non-hydrogen) atoms. The lowest BCUT2D eigenvalue weighted by Gasteiger charge is -2.54. The molecule has 0 spiro atoms. The summed E-state index contributed by atoms with van der Waals surface area (Å²) >= 11 is 0. The summed E-state index contributed by atoms with van der Waals surface area (Å²) in [4.78, 5) is 14.5. The SMILES string of the molecule is CC(C)(C)OC(=O)N1CC[C@@H]2O[C@@H]3c4cccc(O)c4O[C@](C)(Cc4cccc(C(F)(F)F)c4)[C@H]3C[C@@H]2C1. The van der Waals surface area contributed by atoms with Crippen LogP contribution in [0, 0.1) is 11.8 Å². The van der Waals surface area contributed by atoms with Crippen LogP contribution < -0.4 is 4.74 Å². The molecule has 1 amide bonds. The molecule has 0 unspecified atom stereocenters. The molecule has 2 aromatic rings. The molecular weight excluding hydrogens is 499 g/mol. The number of aromatic hydroxyl groups is 1. The number of alkyl halides is 3. The van der Waals surface area contributed by atoms with Gasteiger partial charge in [-0.15, -0.1) is 0 Å². The maximum absolute atomic E-state index is 13.4. The van der Waals surface area contributed by atoms with Gasteiger partial charge >= 0.3 is 12.3 Å². The number of ether oxygens (including phenoxy) is 3. The Morgan fingerprint density at radius 2 is 1.92 bits per heavy atom. The van der Waals surface area contributed by atoms with Gasteiger partial charge in [-0.25, -0.2) is 4.79 Å². The molecule has 0 aromatic heterocycles. The highest BCUT2D eigenvalue weighted by Crippen LogP contribution is 2.55. The zero-order valence-electron chi connectivity index (χ0n) is 22.0. The van der Waals surface area contributed by atoms with Crippen LogP contribution in [0.1, 0.15) is 63.3 Å². The number of amides is 1. The van der Waals surface area contributed by atoms with Crippen LogP contribution in [0.2, 0.25) is 0 Å². The summed E-state index contributed by atoms with van der Waals surface area (Å²) < 4.78 is 59.0. The van der Waals surface area contributed by atoms with E-state index < -0.39 is 29.0 Å². The van der Waals surface area contributed by atoms with Gasteiger partial charge in [-0.05, 0) is 58.2 Å². The van der Waals surface area contributed by atoms with E-state index in [1.165, 1.54) is 12.1 Å². The maximum Gasteiger partial charge on any atom is 0.416 e. The molecule has 3 aliphatic heterocycles. The fourth-order valence-electron chi connectivity index (χ4n) is 6.12. The van der Waals surface area contributed by atoms with Crippen molar-refractivity contribution in [3.8, 4) is 11.5 Å². The van der Waals surface area contributed by atoms with Gasteiger partial charge in [0.25, 0.3) is 0 Å². The third-order valence-electron chi connectivity index (χ3n) is 7.82. The zero-order chi connectivity index (χ0) is 27.5. The van der Waals surface area contributed by atoms with E-state index in [2.05, 4.69) is 0 Å². The third kappa shape index (κ3) is 5.17. The lowest BCUT2D eigenvalue weighted by molar-refractivity contribution is -0.189. The highest BCUT2D eigenvalue weighted by molar-refractivity contribution is 5.68. The highest BCUT2D eigenvalue weighted by Gasteiger charge is 2.54. The molecular formula is C29H34F3NO5. The normalized spacial score (nSPS) is 29.0. The molecule has 1 N–H and O–H groups in total. The molecule has 9 heteroatoms. The monoisotopic (exact) mass is 533 g/mol. The quantitative estimate of drug-likeness (QED) is 0.477. The molecule has 3 aliphatic rings. The zero-order valence-corrected chi connectivity index (χ0v) is 22.0. The second-order valence-corrected chi connectivity index (χ2v) is 11.9. The van der Waals surface area contributed by atoms with Gasteiger partial charge in [-0.1, -0.05) is 30.3 Å². The first-order valence-electron chi connectivity index (χ1n) is 13.0. The van der Waals surface area contributed by atoms with Crippen LogP contribution >= 0.6 is 0 Å². The van der Waals surface area contributed by atoms with Crippen LogP contribution in [0.15, 0.2) is 42.5 Å². The number of hydrogen-bond donors (Lipinski definition) is 1.